The van der Waals surface area contributed by atoms with Gasteiger partial charge in [0.1, 0.15) is 0 Å². The summed E-state index contributed by atoms with van der Waals surface area (Å²) >= 11 is 0. The van der Waals surface area contributed by atoms with Crippen molar-refractivity contribution in [1.29, 1.82) is 5.26 Å². The molecular formula is C14H25N3O2. The Labute approximate surface area is 115 Å². The highest BCUT2D eigenvalue weighted by Gasteiger charge is 2.31. The van der Waals surface area contributed by atoms with Crippen molar-refractivity contribution in [2.45, 2.75) is 32.7 Å². The van der Waals surface area contributed by atoms with Crippen LogP contribution in [-0.4, -0.2) is 50.2 Å². The van der Waals surface area contributed by atoms with E-state index in [0.29, 0.717) is 19.0 Å². The van der Waals surface area contributed by atoms with Crippen LogP contribution in [0.15, 0.2) is 0 Å². The molecule has 108 valence electrons. The molecule has 0 aromatic rings. The van der Waals surface area contributed by atoms with Crippen molar-refractivity contribution in [2.24, 2.45) is 11.8 Å². The van der Waals surface area contributed by atoms with Crippen LogP contribution in [0.1, 0.15) is 26.7 Å². The molecule has 1 aliphatic heterocycles. The second-order valence-electron chi connectivity index (χ2n) is 5.64. The Morgan fingerprint density at radius 3 is 2.84 bits per heavy atom. The molecule has 0 amide bonds. The third kappa shape index (κ3) is 5.58. The predicted molar refractivity (Wildman–Crippen MR) is 73.4 cm³/mol. The van der Waals surface area contributed by atoms with Gasteiger partial charge in [0, 0.05) is 19.1 Å². The van der Waals surface area contributed by atoms with Gasteiger partial charge in [-0.05, 0) is 25.3 Å². The van der Waals surface area contributed by atoms with E-state index in [9.17, 15) is 4.79 Å². The first-order valence-electron chi connectivity index (χ1n) is 6.97. The summed E-state index contributed by atoms with van der Waals surface area (Å²) in [5, 5.41) is 12.3. The van der Waals surface area contributed by atoms with E-state index in [-0.39, 0.29) is 17.9 Å². The molecule has 1 fully saturated rings. The van der Waals surface area contributed by atoms with E-state index < -0.39 is 0 Å². The molecule has 0 aliphatic carbocycles. The topological polar surface area (TPSA) is 65.4 Å². The standard InChI is InChI=1S/C14H25N3O2/c1-11(2)4-6-16-13-8-12(14(18)19-3)9-17(10-13)7-5-15/h11-13,16H,4,6-10H2,1-3H3. The van der Waals surface area contributed by atoms with Crippen molar-refractivity contribution in [1.82, 2.24) is 10.2 Å². The smallest absolute Gasteiger partial charge is 0.310 e. The largest absolute Gasteiger partial charge is 0.469 e. The average molecular weight is 267 g/mol. The van der Waals surface area contributed by atoms with Gasteiger partial charge in [0.2, 0.25) is 0 Å². The molecule has 19 heavy (non-hydrogen) atoms. The Morgan fingerprint density at radius 1 is 1.53 bits per heavy atom. The van der Waals surface area contributed by atoms with Crippen LogP contribution in [0.2, 0.25) is 0 Å². The highest BCUT2D eigenvalue weighted by Crippen LogP contribution is 2.18. The third-order valence-corrected chi connectivity index (χ3v) is 3.51. The van der Waals surface area contributed by atoms with Gasteiger partial charge in [0.05, 0.1) is 25.6 Å². The van der Waals surface area contributed by atoms with Crippen molar-refractivity contribution in [3.63, 3.8) is 0 Å². The van der Waals surface area contributed by atoms with Crippen molar-refractivity contribution in [3.05, 3.63) is 0 Å². The number of ether oxygens (including phenoxy) is 1. The molecule has 1 N–H and O–H groups in total. The third-order valence-electron chi connectivity index (χ3n) is 3.51. The number of hydrogen-bond acceptors (Lipinski definition) is 5. The first-order valence-corrected chi connectivity index (χ1v) is 6.97. The molecule has 1 saturated heterocycles. The van der Waals surface area contributed by atoms with E-state index >= 15 is 0 Å². The van der Waals surface area contributed by atoms with Gasteiger partial charge in [0.15, 0.2) is 0 Å². The van der Waals surface area contributed by atoms with Gasteiger partial charge in [-0.25, -0.2) is 0 Å². The first kappa shape index (κ1) is 15.9. The number of nitriles is 1. The van der Waals surface area contributed by atoms with Gasteiger partial charge in [-0.2, -0.15) is 5.26 Å². The molecule has 2 unspecified atom stereocenters. The summed E-state index contributed by atoms with van der Waals surface area (Å²) < 4.78 is 4.83. The van der Waals surface area contributed by atoms with Crippen LogP contribution >= 0.6 is 0 Å². The van der Waals surface area contributed by atoms with Crippen LogP contribution < -0.4 is 5.32 Å². The lowest BCUT2D eigenvalue weighted by Crippen LogP contribution is -2.51. The van der Waals surface area contributed by atoms with Crippen molar-refractivity contribution < 1.29 is 9.53 Å². The predicted octanol–water partition coefficient (Wildman–Crippen LogP) is 1.01. The number of esters is 1. The van der Waals surface area contributed by atoms with Gasteiger partial charge in [0.25, 0.3) is 0 Å². The molecule has 5 heteroatoms. The number of methoxy groups -OCH3 is 1. The number of nitrogens with one attached hydrogen (secondary N) is 1. The summed E-state index contributed by atoms with van der Waals surface area (Å²) in [7, 11) is 1.42. The van der Waals surface area contributed by atoms with E-state index in [0.717, 1.165) is 25.9 Å². The number of hydrogen-bond donors (Lipinski definition) is 1. The maximum atomic E-state index is 11.7. The Bertz CT molecular complexity index is 325. The lowest BCUT2D eigenvalue weighted by molar-refractivity contribution is -0.147. The molecule has 0 spiro atoms. The van der Waals surface area contributed by atoms with Crippen LogP contribution in [0.4, 0.5) is 0 Å². The fourth-order valence-corrected chi connectivity index (χ4v) is 2.48. The Kier molecular flexibility index (Phi) is 6.82. The monoisotopic (exact) mass is 267 g/mol. The zero-order valence-electron chi connectivity index (χ0n) is 12.2. The summed E-state index contributed by atoms with van der Waals surface area (Å²) in [6.45, 7) is 7.18. The van der Waals surface area contributed by atoms with E-state index in [1.54, 1.807) is 0 Å². The van der Waals surface area contributed by atoms with Crippen LogP contribution in [-0.2, 0) is 9.53 Å². The van der Waals surface area contributed by atoms with Gasteiger partial charge in [-0.15, -0.1) is 0 Å². The minimum atomic E-state index is -0.168. The number of piperidine rings is 1. The fraction of sp³-hybridized carbons (Fsp3) is 0.857. The van der Waals surface area contributed by atoms with Gasteiger partial charge in [-0.1, -0.05) is 13.8 Å². The summed E-state index contributed by atoms with van der Waals surface area (Å²) in [5.74, 6) is 0.379. The molecule has 0 bridgehead atoms. The van der Waals surface area contributed by atoms with E-state index in [1.807, 2.05) is 4.90 Å². The molecule has 1 aliphatic rings. The lowest BCUT2D eigenvalue weighted by Gasteiger charge is -2.35. The van der Waals surface area contributed by atoms with Crippen LogP contribution in [0, 0.1) is 23.2 Å². The number of carbonyl (C=O) groups is 1. The molecular weight excluding hydrogens is 242 g/mol. The fourth-order valence-electron chi connectivity index (χ4n) is 2.48. The number of likely N-dealkylation sites (tertiary alicyclic amines) is 1. The van der Waals surface area contributed by atoms with E-state index in [4.69, 9.17) is 10.00 Å². The number of carbonyl (C=O) groups excluding carboxylic acids is 1. The second kappa shape index (κ2) is 8.13. The van der Waals surface area contributed by atoms with Crippen molar-refractivity contribution in [3.8, 4) is 6.07 Å². The molecule has 0 aromatic heterocycles. The van der Waals surface area contributed by atoms with E-state index in [2.05, 4.69) is 25.2 Å². The molecule has 1 heterocycles. The molecule has 0 aromatic carbocycles. The average Bonchev–Trinajstić information content (AvgIpc) is 2.37. The van der Waals surface area contributed by atoms with Gasteiger partial charge < -0.3 is 10.1 Å². The lowest BCUT2D eigenvalue weighted by atomic mass is 9.94. The first-order chi connectivity index (χ1) is 9.06. The molecule has 0 radical (unpaired) electrons. The zero-order chi connectivity index (χ0) is 14.3. The van der Waals surface area contributed by atoms with Gasteiger partial charge in [-0.3, -0.25) is 9.69 Å². The quantitative estimate of drug-likeness (QED) is 0.575. The Balaban J connectivity index is 2.50. The molecule has 0 saturated carbocycles. The Morgan fingerprint density at radius 2 is 2.26 bits per heavy atom. The van der Waals surface area contributed by atoms with E-state index in [1.165, 1.54) is 7.11 Å². The van der Waals surface area contributed by atoms with Crippen LogP contribution in [0.3, 0.4) is 0 Å². The minimum Gasteiger partial charge on any atom is -0.469 e. The molecule has 2 atom stereocenters. The minimum absolute atomic E-state index is 0.122. The SMILES string of the molecule is COC(=O)C1CC(NCCC(C)C)CN(CC#N)C1. The van der Waals surface area contributed by atoms with Gasteiger partial charge >= 0.3 is 5.97 Å². The Hall–Kier alpha value is -1.12. The zero-order valence-corrected chi connectivity index (χ0v) is 12.2. The summed E-state index contributed by atoms with van der Waals surface area (Å²) in [4.78, 5) is 13.7. The van der Waals surface area contributed by atoms with Crippen molar-refractivity contribution >= 4 is 5.97 Å². The highest BCUT2D eigenvalue weighted by atomic mass is 16.5. The molecule has 1 rings (SSSR count). The normalized spacial score (nSPS) is 24.2. The highest BCUT2D eigenvalue weighted by molar-refractivity contribution is 5.72. The number of rotatable bonds is 6. The maximum Gasteiger partial charge on any atom is 0.310 e. The van der Waals surface area contributed by atoms with Crippen molar-refractivity contribution in [2.75, 3.05) is 33.3 Å². The summed E-state index contributed by atoms with van der Waals surface area (Å²) in [6, 6.07) is 2.42. The maximum absolute atomic E-state index is 11.7. The summed E-state index contributed by atoms with van der Waals surface area (Å²) in [5.41, 5.74) is 0. The number of nitrogens with zero attached hydrogens (tertiary/aromatic N) is 2. The summed E-state index contributed by atoms with van der Waals surface area (Å²) in [6.07, 6.45) is 1.92. The van der Waals surface area contributed by atoms with Crippen LogP contribution in [0.5, 0.6) is 0 Å². The second-order valence-corrected chi connectivity index (χ2v) is 5.64. The molecule has 5 nitrogen and oxygen atoms in total. The van der Waals surface area contributed by atoms with Crippen LogP contribution in [0.25, 0.3) is 0 Å².